The van der Waals surface area contributed by atoms with Crippen molar-refractivity contribution in [1.29, 1.82) is 0 Å². The minimum Gasteiger partial charge on any atom is -0.355 e. The SMILES string of the molecule is Cl.O=C(NCC1CNC1)C1CC1c1cccc(Cl)c1Cl. The predicted octanol–water partition coefficient (Wildman–Crippen LogP) is 2.85. The zero-order valence-electron chi connectivity index (χ0n) is 10.9. The predicted molar refractivity (Wildman–Crippen MR) is 83.9 cm³/mol. The smallest absolute Gasteiger partial charge is 0.223 e. The van der Waals surface area contributed by atoms with Gasteiger partial charge in [-0.05, 0) is 24.0 Å². The fourth-order valence-corrected chi connectivity index (χ4v) is 2.95. The molecule has 2 fully saturated rings. The second kappa shape index (κ2) is 6.52. The molecular weight excluding hydrogens is 319 g/mol. The lowest BCUT2D eigenvalue weighted by Crippen LogP contribution is -2.48. The Morgan fingerprint density at radius 2 is 2.10 bits per heavy atom. The Morgan fingerprint density at radius 3 is 2.75 bits per heavy atom. The zero-order valence-corrected chi connectivity index (χ0v) is 13.2. The summed E-state index contributed by atoms with van der Waals surface area (Å²) in [5.74, 6) is 1.03. The van der Waals surface area contributed by atoms with Crippen LogP contribution < -0.4 is 10.6 Å². The number of hydrogen-bond donors (Lipinski definition) is 2. The lowest BCUT2D eigenvalue weighted by atomic mass is 10.0. The van der Waals surface area contributed by atoms with Gasteiger partial charge in [0.05, 0.1) is 10.0 Å². The molecule has 1 heterocycles. The fraction of sp³-hybridized carbons (Fsp3) is 0.500. The molecular formula is C14H17Cl3N2O. The van der Waals surface area contributed by atoms with Gasteiger partial charge in [-0.15, -0.1) is 12.4 Å². The fourth-order valence-electron chi connectivity index (χ4n) is 2.50. The van der Waals surface area contributed by atoms with Crippen molar-refractivity contribution in [3.05, 3.63) is 33.8 Å². The highest BCUT2D eigenvalue weighted by Crippen LogP contribution is 2.50. The Hall–Kier alpha value is -0.480. The van der Waals surface area contributed by atoms with Crippen molar-refractivity contribution in [3.63, 3.8) is 0 Å². The summed E-state index contributed by atoms with van der Waals surface area (Å²) < 4.78 is 0. The van der Waals surface area contributed by atoms with Gasteiger partial charge in [-0.2, -0.15) is 0 Å². The maximum Gasteiger partial charge on any atom is 0.223 e. The molecule has 2 aliphatic rings. The van der Waals surface area contributed by atoms with Gasteiger partial charge in [-0.25, -0.2) is 0 Å². The molecule has 0 aromatic heterocycles. The van der Waals surface area contributed by atoms with Gasteiger partial charge in [0, 0.05) is 31.5 Å². The topological polar surface area (TPSA) is 41.1 Å². The summed E-state index contributed by atoms with van der Waals surface area (Å²) in [6.45, 7) is 2.79. The third kappa shape index (κ3) is 3.22. The number of benzene rings is 1. The van der Waals surface area contributed by atoms with Crippen LogP contribution in [0.2, 0.25) is 10.0 Å². The number of amides is 1. The van der Waals surface area contributed by atoms with E-state index in [9.17, 15) is 4.79 Å². The van der Waals surface area contributed by atoms with Crippen LogP contribution >= 0.6 is 35.6 Å². The minimum absolute atomic E-state index is 0. The maximum absolute atomic E-state index is 12.0. The monoisotopic (exact) mass is 334 g/mol. The summed E-state index contributed by atoms with van der Waals surface area (Å²) in [4.78, 5) is 12.0. The highest BCUT2D eigenvalue weighted by molar-refractivity contribution is 6.42. The molecule has 110 valence electrons. The van der Waals surface area contributed by atoms with E-state index in [1.165, 1.54) is 0 Å². The van der Waals surface area contributed by atoms with E-state index in [1.54, 1.807) is 6.07 Å². The first-order valence-electron chi connectivity index (χ1n) is 6.59. The second-order valence-electron chi connectivity index (χ2n) is 5.36. The summed E-state index contributed by atoms with van der Waals surface area (Å²) in [5, 5.41) is 7.37. The zero-order chi connectivity index (χ0) is 13.4. The normalized spacial score (nSPS) is 24.5. The molecule has 0 radical (unpaired) electrons. The highest BCUT2D eigenvalue weighted by atomic mass is 35.5. The lowest BCUT2D eigenvalue weighted by Gasteiger charge is -2.27. The van der Waals surface area contributed by atoms with E-state index >= 15 is 0 Å². The van der Waals surface area contributed by atoms with Gasteiger partial charge in [-0.3, -0.25) is 4.79 Å². The van der Waals surface area contributed by atoms with E-state index in [2.05, 4.69) is 10.6 Å². The molecule has 1 aliphatic carbocycles. The van der Waals surface area contributed by atoms with Crippen molar-refractivity contribution < 1.29 is 4.79 Å². The first-order valence-corrected chi connectivity index (χ1v) is 7.34. The number of hydrogen-bond acceptors (Lipinski definition) is 2. The van der Waals surface area contributed by atoms with E-state index in [0.29, 0.717) is 16.0 Å². The van der Waals surface area contributed by atoms with E-state index in [0.717, 1.165) is 31.6 Å². The molecule has 6 heteroatoms. The maximum atomic E-state index is 12.0. The summed E-state index contributed by atoms with van der Waals surface area (Å²) in [6, 6.07) is 5.62. The van der Waals surface area contributed by atoms with Crippen LogP contribution in [0.25, 0.3) is 0 Å². The largest absolute Gasteiger partial charge is 0.355 e. The Kier molecular flexibility index (Phi) is 5.19. The summed E-state index contributed by atoms with van der Waals surface area (Å²) in [7, 11) is 0. The van der Waals surface area contributed by atoms with Gasteiger partial charge < -0.3 is 10.6 Å². The molecule has 20 heavy (non-hydrogen) atoms. The van der Waals surface area contributed by atoms with Gasteiger partial charge >= 0.3 is 0 Å². The number of carbonyl (C=O) groups is 1. The van der Waals surface area contributed by atoms with E-state index < -0.39 is 0 Å². The summed E-state index contributed by atoms with van der Waals surface area (Å²) >= 11 is 12.2. The van der Waals surface area contributed by atoms with Gasteiger partial charge in [0.2, 0.25) is 5.91 Å². The average Bonchev–Trinajstić information content (AvgIpc) is 3.10. The van der Waals surface area contributed by atoms with Gasteiger partial charge in [0.25, 0.3) is 0 Å². The molecule has 2 unspecified atom stereocenters. The van der Waals surface area contributed by atoms with Crippen LogP contribution in [0.4, 0.5) is 0 Å². The van der Waals surface area contributed by atoms with Crippen LogP contribution in [0.3, 0.4) is 0 Å². The van der Waals surface area contributed by atoms with Crippen molar-refractivity contribution in [2.45, 2.75) is 12.3 Å². The third-order valence-electron chi connectivity index (χ3n) is 3.94. The van der Waals surface area contributed by atoms with Crippen LogP contribution in [0.1, 0.15) is 17.9 Å². The van der Waals surface area contributed by atoms with E-state index in [-0.39, 0.29) is 30.2 Å². The van der Waals surface area contributed by atoms with Crippen molar-refractivity contribution in [3.8, 4) is 0 Å². The number of nitrogens with one attached hydrogen (secondary N) is 2. The Bertz CT molecular complexity index is 505. The lowest BCUT2D eigenvalue weighted by molar-refractivity contribution is -0.122. The molecule has 0 bridgehead atoms. The molecule has 1 amide bonds. The van der Waals surface area contributed by atoms with Crippen LogP contribution in [0.5, 0.6) is 0 Å². The molecule has 1 saturated heterocycles. The number of rotatable bonds is 4. The van der Waals surface area contributed by atoms with E-state index in [1.807, 2.05) is 12.1 Å². The van der Waals surface area contributed by atoms with Crippen molar-refractivity contribution in [2.24, 2.45) is 11.8 Å². The van der Waals surface area contributed by atoms with E-state index in [4.69, 9.17) is 23.2 Å². The highest BCUT2D eigenvalue weighted by Gasteiger charge is 2.45. The summed E-state index contributed by atoms with van der Waals surface area (Å²) in [5.41, 5.74) is 1.000. The van der Waals surface area contributed by atoms with Crippen LogP contribution in [-0.2, 0) is 4.79 Å². The molecule has 1 aliphatic heterocycles. The Labute approximate surface area is 134 Å². The molecule has 1 aromatic rings. The quantitative estimate of drug-likeness (QED) is 0.888. The minimum atomic E-state index is 0. The van der Waals surface area contributed by atoms with Crippen molar-refractivity contribution in [1.82, 2.24) is 10.6 Å². The first-order chi connectivity index (χ1) is 9.16. The van der Waals surface area contributed by atoms with Crippen LogP contribution in [0, 0.1) is 11.8 Å². The van der Waals surface area contributed by atoms with Gasteiger partial charge in [0.1, 0.15) is 0 Å². The number of carbonyl (C=O) groups excluding carboxylic acids is 1. The van der Waals surface area contributed by atoms with Crippen molar-refractivity contribution >= 4 is 41.5 Å². The molecule has 1 aromatic carbocycles. The molecule has 2 N–H and O–H groups in total. The Morgan fingerprint density at radius 1 is 1.35 bits per heavy atom. The average molecular weight is 336 g/mol. The van der Waals surface area contributed by atoms with Crippen LogP contribution in [0.15, 0.2) is 18.2 Å². The number of halogens is 3. The summed E-state index contributed by atoms with van der Waals surface area (Å²) in [6.07, 6.45) is 0.870. The third-order valence-corrected chi connectivity index (χ3v) is 4.77. The molecule has 3 nitrogen and oxygen atoms in total. The first kappa shape index (κ1) is 15.9. The van der Waals surface area contributed by atoms with Crippen molar-refractivity contribution in [2.75, 3.05) is 19.6 Å². The Balaban J connectivity index is 0.00000147. The van der Waals surface area contributed by atoms with Gasteiger partial charge in [-0.1, -0.05) is 35.3 Å². The molecule has 1 saturated carbocycles. The molecule has 0 spiro atoms. The molecule has 3 rings (SSSR count). The van der Waals surface area contributed by atoms with Gasteiger partial charge in [0.15, 0.2) is 0 Å². The molecule has 2 atom stereocenters. The second-order valence-corrected chi connectivity index (χ2v) is 6.15. The standard InChI is InChI=1S/C14H16Cl2N2O.ClH/c15-12-3-1-2-9(13(12)16)10-4-11(10)14(19)18-7-8-5-17-6-8;/h1-3,8,10-11,17H,4-7H2,(H,18,19);1H. The van der Waals surface area contributed by atoms with Crippen LogP contribution in [-0.4, -0.2) is 25.5 Å².